The third kappa shape index (κ3) is 8.74. The van der Waals surface area contributed by atoms with Crippen LogP contribution in [0.25, 0.3) is 11.4 Å². The van der Waals surface area contributed by atoms with Gasteiger partial charge in [-0.25, -0.2) is 14.4 Å². The molecule has 252 valence electrons. The molecule has 4 N–H and O–H groups in total. The van der Waals surface area contributed by atoms with Crippen molar-refractivity contribution in [2.75, 3.05) is 25.1 Å². The molecule has 0 radical (unpaired) electrons. The number of anilines is 1. The van der Waals surface area contributed by atoms with E-state index in [1.807, 2.05) is 13.8 Å². The number of aromatic nitrogens is 4. The van der Waals surface area contributed by atoms with Crippen LogP contribution in [0.4, 0.5) is 14.5 Å². The lowest BCUT2D eigenvalue weighted by Crippen LogP contribution is -2.44. The molecule has 3 aromatic heterocycles. The minimum absolute atomic E-state index is 0.0193. The maximum absolute atomic E-state index is 14.7. The molecule has 2 amide bonds. The molecule has 47 heavy (non-hydrogen) atoms. The zero-order valence-electron chi connectivity index (χ0n) is 26.3. The van der Waals surface area contributed by atoms with E-state index in [2.05, 4.69) is 30.8 Å². The van der Waals surface area contributed by atoms with Crippen LogP contribution in [0.2, 0.25) is 0 Å². The van der Waals surface area contributed by atoms with Gasteiger partial charge in [0.15, 0.2) is 12.5 Å². The number of halogens is 2. The highest BCUT2D eigenvalue weighted by Gasteiger charge is 2.27. The van der Waals surface area contributed by atoms with E-state index in [1.54, 1.807) is 27.5 Å². The zero-order chi connectivity index (χ0) is 33.5. The molecule has 1 saturated carbocycles. The fraction of sp³-hybridized carbons (Fsp3) is 0.516. The lowest BCUT2D eigenvalue weighted by molar-refractivity contribution is -0.148. The van der Waals surface area contributed by atoms with Gasteiger partial charge in [-0.1, -0.05) is 33.1 Å². The Hall–Kier alpha value is -4.31. The lowest BCUT2D eigenvalue weighted by atomic mass is 9.96. The summed E-state index contributed by atoms with van der Waals surface area (Å²) in [5.41, 5.74) is 5.93. The first kappa shape index (κ1) is 34.0. The number of carbonyl (C=O) groups is 3. The van der Waals surface area contributed by atoms with Gasteiger partial charge >= 0.3 is 5.97 Å². The molecule has 2 aliphatic rings. The lowest BCUT2D eigenvalue weighted by Gasteiger charge is -2.21. The number of amides is 2. The SMILES string of the molecule is CC(C)[C@H](N)C(=O)NCCCC(=O)OCN1CC(c2nc(C(=O)Nc3cn(C4CCCCC4)nc3-c3nc(F)ccc3F)cs2)C=N1. The molecule has 2 atom stereocenters. The van der Waals surface area contributed by atoms with Crippen LogP contribution in [0.5, 0.6) is 0 Å². The Balaban J connectivity index is 1.14. The standard InChI is InChI=1S/C31H39F2N9O4S/c1-18(2)26(34)30(45)35-12-6-9-25(43)46-17-41-14-19(13-36-41)31-38-23(16-47-31)29(44)37-22-15-42(20-7-4-3-5-8-20)40-28(22)27-21(32)10-11-24(33)39-27/h10-11,13,15-16,18-20,26H,3-9,12,14,17,34H2,1-2H3,(H,35,45)(H,37,44)/t19?,26-/m0/s1. The number of nitrogens with one attached hydrogen (secondary N) is 2. The smallest absolute Gasteiger partial charge is 0.307 e. The minimum atomic E-state index is -0.856. The quantitative estimate of drug-likeness (QED) is 0.137. The van der Waals surface area contributed by atoms with Crippen LogP contribution in [0, 0.1) is 17.7 Å². The number of hydrogen-bond acceptors (Lipinski definition) is 11. The zero-order valence-corrected chi connectivity index (χ0v) is 27.1. The summed E-state index contributed by atoms with van der Waals surface area (Å²) in [5.74, 6) is -3.01. The Morgan fingerprint density at radius 3 is 2.68 bits per heavy atom. The first-order valence-corrected chi connectivity index (χ1v) is 16.6. The van der Waals surface area contributed by atoms with E-state index in [1.165, 1.54) is 11.3 Å². The molecule has 3 aromatic rings. The Labute approximate surface area is 275 Å². The van der Waals surface area contributed by atoms with Gasteiger partial charge in [0.2, 0.25) is 11.9 Å². The molecular weight excluding hydrogens is 632 g/mol. The second-order valence-corrected chi connectivity index (χ2v) is 12.9. The van der Waals surface area contributed by atoms with Crippen molar-refractivity contribution in [1.82, 2.24) is 30.1 Å². The van der Waals surface area contributed by atoms with E-state index < -0.39 is 29.7 Å². The number of nitrogens with two attached hydrogens (primary N) is 1. The summed E-state index contributed by atoms with van der Waals surface area (Å²) < 4.78 is 35.7. The van der Waals surface area contributed by atoms with Crippen molar-refractivity contribution >= 4 is 41.0 Å². The predicted molar refractivity (Wildman–Crippen MR) is 172 cm³/mol. The summed E-state index contributed by atoms with van der Waals surface area (Å²) in [6.45, 7) is 4.39. The molecule has 0 aromatic carbocycles. The highest BCUT2D eigenvalue weighted by Crippen LogP contribution is 2.34. The highest BCUT2D eigenvalue weighted by atomic mass is 32.1. The number of esters is 1. The summed E-state index contributed by atoms with van der Waals surface area (Å²) >= 11 is 1.28. The van der Waals surface area contributed by atoms with E-state index in [9.17, 15) is 23.2 Å². The van der Waals surface area contributed by atoms with Gasteiger partial charge in [-0.3, -0.25) is 24.1 Å². The number of ether oxygens (including phenoxy) is 1. The van der Waals surface area contributed by atoms with E-state index in [0.29, 0.717) is 24.5 Å². The highest BCUT2D eigenvalue weighted by molar-refractivity contribution is 7.10. The molecular formula is C31H39F2N9O4S. The average molecular weight is 672 g/mol. The minimum Gasteiger partial charge on any atom is -0.443 e. The van der Waals surface area contributed by atoms with E-state index in [0.717, 1.165) is 44.2 Å². The van der Waals surface area contributed by atoms with Crippen molar-refractivity contribution in [3.63, 3.8) is 0 Å². The van der Waals surface area contributed by atoms with Crippen LogP contribution < -0.4 is 16.4 Å². The first-order valence-electron chi connectivity index (χ1n) is 15.7. The predicted octanol–water partition coefficient (Wildman–Crippen LogP) is 4.20. The van der Waals surface area contributed by atoms with Crippen LogP contribution in [0.3, 0.4) is 0 Å². The van der Waals surface area contributed by atoms with E-state index in [4.69, 9.17) is 10.5 Å². The van der Waals surface area contributed by atoms with Crippen molar-refractivity contribution in [2.24, 2.45) is 16.8 Å². The molecule has 5 rings (SSSR count). The summed E-state index contributed by atoms with van der Waals surface area (Å²) in [4.78, 5) is 45.6. The fourth-order valence-electron chi connectivity index (χ4n) is 5.33. The molecule has 1 aliphatic carbocycles. The van der Waals surface area contributed by atoms with Gasteiger partial charge in [0.05, 0.1) is 30.2 Å². The van der Waals surface area contributed by atoms with Crippen molar-refractivity contribution < 1.29 is 27.9 Å². The van der Waals surface area contributed by atoms with Crippen molar-refractivity contribution in [3.05, 3.63) is 46.2 Å². The van der Waals surface area contributed by atoms with E-state index in [-0.39, 0.29) is 59.7 Å². The van der Waals surface area contributed by atoms with Crippen LogP contribution in [0.15, 0.2) is 28.8 Å². The van der Waals surface area contributed by atoms with Gasteiger partial charge < -0.3 is 21.1 Å². The third-order valence-corrected chi connectivity index (χ3v) is 9.08. The normalized spacial score (nSPS) is 17.2. The molecule has 0 spiro atoms. The molecule has 4 heterocycles. The maximum atomic E-state index is 14.7. The van der Waals surface area contributed by atoms with Crippen LogP contribution >= 0.6 is 11.3 Å². The van der Waals surface area contributed by atoms with Crippen LogP contribution in [-0.2, 0) is 14.3 Å². The van der Waals surface area contributed by atoms with Gasteiger partial charge in [0.1, 0.15) is 22.1 Å². The van der Waals surface area contributed by atoms with Gasteiger partial charge in [-0.05, 0) is 37.3 Å². The molecule has 16 heteroatoms. The van der Waals surface area contributed by atoms with E-state index >= 15 is 0 Å². The Morgan fingerprint density at radius 1 is 1.13 bits per heavy atom. The number of pyridine rings is 1. The molecule has 1 unspecified atom stereocenters. The number of carbonyl (C=O) groups excluding carboxylic acids is 3. The number of nitrogens with zero attached hydrogens (tertiary/aromatic N) is 6. The summed E-state index contributed by atoms with van der Waals surface area (Å²) in [7, 11) is 0. The topological polar surface area (TPSA) is 170 Å². The monoisotopic (exact) mass is 671 g/mol. The Morgan fingerprint density at radius 2 is 1.91 bits per heavy atom. The summed E-state index contributed by atoms with van der Waals surface area (Å²) in [6, 6.07) is 1.40. The molecule has 13 nitrogen and oxygen atoms in total. The number of hydrazone groups is 1. The van der Waals surface area contributed by atoms with Gasteiger partial charge in [-0.2, -0.15) is 14.6 Å². The van der Waals surface area contributed by atoms with Crippen molar-refractivity contribution in [1.29, 1.82) is 0 Å². The third-order valence-electron chi connectivity index (χ3n) is 8.11. The fourth-order valence-corrected chi connectivity index (χ4v) is 6.18. The molecule has 0 bridgehead atoms. The van der Waals surface area contributed by atoms with Gasteiger partial charge in [0.25, 0.3) is 5.91 Å². The second kappa shape index (κ2) is 15.5. The molecule has 0 saturated heterocycles. The summed E-state index contributed by atoms with van der Waals surface area (Å²) in [6.07, 6.45) is 8.87. The number of thiazole rings is 1. The molecule has 1 fully saturated rings. The van der Waals surface area contributed by atoms with Crippen molar-refractivity contribution in [2.45, 2.75) is 76.8 Å². The Bertz CT molecular complexity index is 1600. The van der Waals surface area contributed by atoms with Gasteiger partial charge in [-0.15, -0.1) is 11.3 Å². The van der Waals surface area contributed by atoms with Gasteiger partial charge in [0, 0.05) is 30.8 Å². The number of hydrogen-bond donors (Lipinski definition) is 3. The maximum Gasteiger partial charge on any atom is 0.307 e. The molecule has 1 aliphatic heterocycles. The summed E-state index contributed by atoms with van der Waals surface area (Å²) in [5, 5.41) is 18.2. The van der Waals surface area contributed by atoms with Crippen LogP contribution in [0.1, 0.15) is 86.2 Å². The average Bonchev–Trinajstić information content (AvgIpc) is 3.83. The van der Waals surface area contributed by atoms with Crippen molar-refractivity contribution in [3.8, 4) is 11.4 Å². The second-order valence-electron chi connectivity index (χ2n) is 12.0. The number of rotatable bonds is 13. The first-order chi connectivity index (χ1) is 22.6. The largest absolute Gasteiger partial charge is 0.443 e. The Kier molecular flexibility index (Phi) is 11.2. The van der Waals surface area contributed by atoms with Crippen LogP contribution in [-0.4, -0.2) is 74.6 Å².